The number of hydrogen-bond donors (Lipinski definition) is 2. The number of nitrogens with two attached hydrogens (primary N) is 1. The molecule has 2 aliphatic heterocycles. The number of amides is 2. The van der Waals surface area contributed by atoms with Crippen molar-refractivity contribution in [1.29, 1.82) is 0 Å². The number of piperidine rings is 1. The molecular formula is C21H23N3O3. The predicted molar refractivity (Wildman–Crippen MR) is 102 cm³/mol. The summed E-state index contributed by atoms with van der Waals surface area (Å²) in [5.41, 5.74) is 6.29. The lowest BCUT2D eigenvalue weighted by Crippen LogP contribution is -2.46. The number of hydrogen-bond acceptors (Lipinski definition) is 4. The van der Waals surface area contributed by atoms with Crippen molar-refractivity contribution in [2.75, 3.05) is 19.6 Å². The zero-order chi connectivity index (χ0) is 18.8. The minimum absolute atomic E-state index is 0.0633. The van der Waals surface area contributed by atoms with Crippen LogP contribution in [0.2, 0.25) is 0 Å². The zero-order valence-electron chi connectivity index (χ0n) is 15.1. The van der Waals surface area contributed by atoms with E-state index in [0.29, 0.717) is 28.5 Å². The number of ether oxygens (including phenoxy) is 1. The number of carbonyl (C=O) groups is 2. The fourth-order valence-electron chi connectivity index (χ4n) is 3.99. The van der Waals surface area contributed by atoms with Gasteiger partial charge in [-0.3, -0.25) is 9.59 Å². The molecule has 6 heteroatoms. The van der Waals surface area contributed by atoms with Crippen molar-refractivity contribution in [3.63, 3.8) is 0 Å². The smallest absolute Gasteiger partial charge is 0.252 e. The lowest BCUT2D eigenvalue weighted by Gasteiger charge is -2.30. The summed E-state index contributed by atoms with van der Waals surface area (Å²) in [5, 5.41) is 3.15. The second kappa shape index (κ2) is 7.40. The molecule has 2 amide bonds. The molecule has 27 heavy (non-hydrogen) atoms. The van der Waals surface area contributed by atoms with E-state index in [1.54, 1.807) is 48.5 Å². The van der Waals surface area contributed by atoms with Crippen LogP contribution < -0.4 is 15.8 Å². The van der Waals surface area contributed by atoms with Gasteiger partial charge in [0.2, 0.25) is 0 Å². The van der Waals surface area contributed by atoms with Gasteiger partial charge in [-0.2, -0.15) is 0 Å². The Labute approximate surface area is 158 Å². The molecular weight excluding hydrogens is 342 g/mol. The Morgan fingerprint density at radius 2 is 1.85 bits per heavy atom. The maximum Gasteiger partial charge on any atom is 0.252 e. The number of benzene rings is 2. The molecule has 140 valence electrons. The Morgan fingerprint density at radius 1 is 1.07 bits per heavy atom. The molecule has 0 aliphatic carbocycles. The maximum absolute atomic E-state index is 12.5. The maximum atomic E-state index is 12.5. The molecule has 1 unspecified atom stereocenters. The van der Waals surface area contributed by atoms with E-state index in [9.17, 15) is 9.59 Å². The van der Waals surface area contributed by atoms with Crippen LogP contribution in [0.4, 0.5) is 0 Å². The zero-order valence-corrected chi connectivity index (χ0v) is 15.1. The first-order valence-corrected chi connectivity index (χ1v) is 9.28. The molecule has 2 bridgehead atoms. The van der Waals surface area contributed by atoms with E-state index < -0.39 is 5.91 Å². The normalized spacial score (nSPS) is 23.6. The van der Waals surface area contributed by atoms with Crippen LogP contribution in [0.5, 0.6) is 11.5 Å². The van der Waals surface area contributed by atoms with Gasteiger partial charge in [0, 0.05) is 24.7 Å². The number of nitrogens with zero attached hydrogens (tertiary/aromatic N) is 1. The van der Waals surface area contributed by atoms with E-state index in [-0.39, 0.29) is 11.9 Å². The second-order valence-corrected chi connectivity index (χ2v) is 7.31. The van der Waals surface area contributed by atoms with Crippen LogP contribution in [0.15, 0.2) is 48.5 Å². The molecule has 0 saturated carbocycles. The van der Waals surface area contributed by atoms with Gasteiger partial charge in [-0.15, -0.1) is 0 Å². The van der Waals surface area contributed by atoms with Gasteiger partial charge in [-0.05, 0) is 61.7 Å². The first-order valence-electron chi connectivity index (χ1n) is 9.28. The number of para-hydroxylation sites is 1. The van der Waals surface area contributed by atoms with E-state index in [4.69, 9.17) is 10.5 Å². The lowest BCUT2D eigenvalue weighted by molar-refractivity contribution is 0.0908. The van der Waals surface area contributed by atoms with E-state index >= 15 is 0 Å². The Morgan fingerprint density at radius 3 is 2.59 bits per heavy atom. The first kappa shape index (κ1) is 17.5. The van der Waals surface area contributed by atoms with Gasteiger partial charge >= 0.3 is 0 Å². The summed E-state index contributed by atoms with van der Waals surface area (Å²) >= 11 is 0. The fraction of sp³-hybridized carbons (Fsp3) is 0.333. The Kier molecular flexibility index (Phi) is 4.81. The van der Waals surface area contributed by atoms with E-state index in [0.717, 1.165) is 19.5 Å². The largest absolute Gasteiger partial charge is 0.457 e. The molecule has 2 heterocycles. The average molecular weight is 365 g/mol. The highest BCUT2D eigenvalue weighted by Gasteiger charge is 2.32. The van der Waals surface area contributed by atoms with E-state index in [2.05, 4.69) is 10.2 Å². The van der Waals surface area contributed by atoms with Crippen molar-refractivity contribution in [3.05, 3.63) is 59.7 Å². The average Bonchev–Trinajstić information content (AvgIpc) is 3.01. The minimum atomic E-state index is -0.543. The summed E-state index contributed by atoms with van der Waals surface area (Å²) in [6.07, 6.45) is 2.30. The number of rotatable bonds is 5. The van der Waals surface area contributed by atoms with Crippen LogP contribution in [0, 0.1) is 5.92 Å². The van der Waals surface area contributed by atoms with Crippen molar-refractivity contribution < 1.29 is 14.3 Å². The third-order valence-corrected chi connectivity index (χ3v) is 5.30. The Bertz CT molecular complexity index is 838. The van der Waals surface area contributed by atoms with Gasteiger partial charge in [-0.25, -0.2) is 0 Å². The molecule has 2 aliphatic rings. The predicted octanol–water partition coefficient (Wildman–Crippen LogP) is 2.40. The number of fused-ring (bicyclic) bond motifs is 2. The SMILES string of the molecule is NC(=O)c1ccccc1Oc1ccc(C(=O)N[C@@H]2C[C@H]3CCN(C3)C2)cc1. The summed E-state index contributed by atoms with van der Waals surface area (Å²) in [6.45, 7) is 3.26. The second-order valence-electron chi connectivity index (χ2n) is 7.31. The highest BCUT2D eigenvalue weighted by atomic mass is 16.5. The molecule has 6 nitrogen and oxygen atoms in total. The van der Waals surface area contributed by atoms with Gasteiger partial charge in [0.25, 0.3) is 11.8 Å². The third-order valence-electron chi connectivity index (χ3n) is 5.30. The quantitative estimate of drug-likeness (QED) is 0.852. The number of primary amides is 1. The molecule has 2 saturated heterocycles. The van der Waals surface area contributed by atoms with Crippen molar-refractivity contribution in [3.8, 4) is 11.5 Å². The van der Waals surface area contributed by atoms with Gasteiger partial charge in [0.15, 0.2) is 0 Å². The molecule has 3 atom stereocenters. The summed E-state index contributed by atoms with van der Waals surface area (Å²) in [6, 6.07) is 13.9. The molecule has 4 rings (SSSR count). The first-order chi connectivity index (χ1) is 13.1. The van der Waals surface area contributed by atoms with E-state index in [1.165, 1.54) is 13.0 Å². The van der Waals surface area contributed by atoms with Crippen molar-refractivity contribution >= 4 is 11.8 Å². The summed E-state index contributed by atoms with van der Waals surface area (Å²) in [4.78, 5) is 26.4. The van der Waals surface area contributed by atoms with Crippen molar-refractivity contribution in [2.24, 2.45) is 11.7 Å². The van der Waals surface area contributed by atoms with Crippen LogP contribution in [-0.4, -0.2) is 42.4 Å². The van der Waals surface area contributed by atoms with Crippen molar-refractivity contribution in [1.82, 2.24) is 10.2 Å². The van der Waals surface area contributed by atoms with Gasteiger partial charge < -0.3 is 20.7 Å². The van der Waals surface area contributed by atoms with Crippen molar-refractivity contribution in [2.45, 2.75) is 18.9 Å². The van der Waals surface area contributed by atoms with Crippen LogP contribution >= 0.6 is 0 Å². The van der Waals surface area contributed by atoms with Gasteiger partial charge in [0.1, 0.15) is 11.5 Å². The third kappa shape index (κ3) is 3.95. The Balaban J connectivity index is 1.40. The topological polar surface area (TPSA) is 84.7 Å². The highest BCUT2D eigenvalue weighted by molar-refractivity contribution is 5.96. The van der Waals surface area contributed by atoms with Gasteiger partial charge in [0.05, 0.1) is 5.56 Å². The number of carbonyl (C=O) groups excluding carboxylic acids is 2. The Hall–Kier alpha value is -2.86. The summed E-state index contributed by atoms with van der Waals surface area (Å²) in [7, 11) is 0. The van der Waals surface area contributed by atoms with E-state index in [1.807, 2.05) is 0 Å². The summed E-state index contributed by atoms with van der Waals surface area (Å²) < 4.78 is 5.75. The molecule has 0 spiro atoms. The lowest BCUT2D eigenvalue weighted by atomic mass is 9.96. The fourth-order valence-corrected chi connectivity index (χ4v) is 3.99. The molecule has 3 N–H and O–H groups in total. The number of nitrogens with one attached hydrogen (secondary N) is 1. The van der Waals surface area contributed by atoms with Crippen LogP contribution in [-0.2, 0) is 0 Å². The van der Waals surface area contributed by atoms with Crippen LogP contribution in [0.25, 0.3) is 0 Å². The molecule has 0 aromatic heterocycles. The standard InChI is InChI=1S/C21H23N3O3/c22-20(25)18-3-1-2-4-19(18)27-17-7-5-15(6-8-17)21(26)23-16-11-14-9-10-24(12-14)13-16/h1-8,14,16H,9-13H2,(H2,22,25)(H,23,26)/t14-,16-/m1/s1. The molecule has 2 aromatic carbocycles. The minimum Gasteiger partial charge on any atom is -0.457 e. The van der Waals surface area contributed by atoms with Crippen LogP contribution in [0.1, 0.15) is 33.6 Å². The van der Waals surface area contributed by atoms with Crippen LogP contribution in [0.3, 0.4) is 0 Å². The molecule has 0 radical (unpaired) electrons. The monoisotopic (exact) mass is 365 g/mol. The molecule has 2 aromatic rings. The highest BCUT2D eigenvalue weighted by Crippen LogP contribution is 2.27. The summed E-state index contributed by atoms with van der Waals surface area (Å²) in [5.74, 6) is 1.05. The van der Waals surface area contributed by atoms with Gasteiger partial charge in [-0.1, -0.05) is 12.1 Å². The molecule has 2 fully saturated rings.